The molecule has 0 bridgehead atoms. The molecule has 2 atom stereocenters. The molecule has 1 aliphatic rings. The monoisotopic (exact) mass is 293 g/mol. The molecule has 5 nitrogen and oxygen atoms in total. The summed E-state index contributed by atoms with van der Waals surface area (Å²) >= 11 is 0. The summed E-state index contributed by atoms with van der Waals surface area (Å²) in [5.74, 6) is 2.82. The lowest BCUT2D eigenvalue weighted by atomic mass is 9.86. The predicted octanol–water partition coefficient (Wildman–Crippen LogP) is 3.40. The molecule has 2 rings (SSSR count). The first-order valence-corrected chi connectivity index (χ1v) is 7.99. The highest BCUT2D eigenvalue weighted by Crippen LogP contribution is 2.27. The molecule has 1 N–H and O–H groups in total. The van der Waals surface area contributed by atoms with Gasteiger partial charge in [-0.15, -0.1) is 0 Å². The number of aromatic nitrogens is 2. The number of hydrogen-bond acceptors (Lipinski definition) is 5. The Morgan fingerprint density at radius 2 is 2.10 bits per heavy atom. The van der Waals surface area contributed by atoms with E-state index in [1.165, 1.54) is 25.7 Å². The molecule has 0 aliphatic heterocycles. The second kappa shape index (κ2) is 8.17. The van der Waals surface area contributed by atoms with Crippen molar-refractivity contribution in [1.82, 2.24) is 9.97 Å². The lowest BCUT2D eigenvalue weighted by Gasteiger charge is -2.30. The van der Waals surface area contributed by atoms with Crippen molar-refractivity contribution in [3.8, 4) is 5.88 Å². The smallest absolute Gasteiger partial charge is 0.218 e. The summed E-state index contributed by atoms with van der Waals surface area (Å²) in [6, 6.07) is 2.39. The second-order valence-electron chi connectivity index (χ2n) is 5.80. The summed E-state index contributed by atoms with van der Waals surface area (Å²) in [6.07, 6.45) is 6.08. The van der Waals surface area contributed by atoms with Crippen molar-refractivity contribution >= 4 is 5.82 Å². The highest BCUT2D eigenvalue weighted by molar-refractivity contribution is 5.39. The fourth-order valence-corrected chi connectivity index (χ4v) is 2.74. The molecule has 21 heavy (non-hydrogen) atoms. The number of anilines is 1. The highest BCUT2D eigenvalue weighted by Gasteiger charge is 2.21. The van der Waals surface area contributed by atoms with Crippen LogP contribution in [0.1, 0.15) is 51.8 Å². The van der Waals surface area contributed by atoms with Gasteiger partial charge in [-0.25, -0.2) is 4.98 Å². The van der Waals surface area contributed by atoms with Crippen LogP contribution in [0.4, 0.5) is 5.82 Å². The number of hydrogen-bond donors (Lipinski definition) is 1. The Bertz CT molecular complexity index is 440. The van der Waals surface area contributed by atoms with Crippen molar-refractivity contribution in [3.63, 3.8) is 0 Å². The molecule has 1 aliphatic carbocycles. The Labute approximate surface area is 127 Å². The summed E-state index contributed by atoms with van der Waals surface area (Å²) in [5.41, 5.74) is 0. The fourth-order valence-electron chi connectivity index (χ4n) is 2.74. The first kappa shape index (κ1) is 16.0. The number of methoxy groups -OCH3 is 1. The normalized spacial score (nSPS) is 22.0. The molecular formula is C16H27N3O2. The maximum Gasteiger partial charge on any atom is 0.218 e. The molecule has 2 unspecified atom stereocenters. The van der Waals surface area contributed by atoms with Gasteiger partial charge in [-0.05, 0) is 25.2 Å². The van der Waals surface area contributed by atoms with Crippen LogP contribution in [-0.2, 0) is 11.3 Å². The van der Waals surface area contributed by atoms with E-state index in [4.69, 9.17) is 9.47 Å². The van der Waals surface area contributed by atoms with E-state index >= 15 is 0 Å². The standard InChI is InChI=1S/C16H27N3O2/c1-4-9-21-16-10-14(18-15(19-16)11-20-3)17-13-8-6-5-7-12(13)2/h10,12-13H,4-9,11H2,1-3H3,(H,17,18,19). The molecule has 1 saturated carbocycles. The van der Waals surface area contributed by atoms with Crippen LogP contribution >= 0.6 is 0 Å². The van der Waals surface area contributed by atoms with Crippen LogP contribution in [-0.4, -0.2) is 29.7 Å². The highest BCUT2D eigenvalue weighted by atomic mass is 16.5. The number of ether oxygens (including phenoxy) is 2. The van der Waals surface area contributed by atoms with Crippen LogP contribution in [0.25, 0.3) is 0 Å². The van der Waals surface area contributed by atoms with Crippen LogP contribution in [0.2, 0.25) is 0 Å². The van der Waals surface area contributed by atoms with Crippen molar-refractivity contribution in [2.75, 3.05) is 19.0 Å². The molecule has 0 aromatic carbocycles. The lowest BCUT2D eigenvalue weighted by Crippen LogP contribution is -2.30. The van der Waals surface area contributed by atoms with E-state index in [0.717, 1.165) is 12.2 Å². The third kappa shape index (κ3) is 4.84. The molecule has 1 heterocycles. The van der Waals surface area contributed by atoms with Crippen LogP contribution in [0, 0.1) is 5.92 Å². The van der Waals surface area contributed by atoms with Crippen molar-refractivity contribution in [1.29, 1.82) is 0 Å². The minimum Gasteiger partial charge on any atom is -0.478 e. The number of rotatable bonds is 7. The van der Waals surface area contributed by atoms with E-state index in [9.17, 15) is 0 Å². The largest absolute Gasteiger partial charge is 0.478 e. The zero-order valence-electron chi connectivity index (χ0n) is 13.4. The molecule has 0 radical (unpaired) electrons. The van der Waals surface area contributed by atoms with Crippen LogP contribution in [0.15, 0.2) is 6.07 Å². The van der Waals surface area contributed by atoms with Gasteiger partial charge in [-0.1, -0.05) is 26.7 Å². The van der Waals surface area contributed by atoms with Crippen LogP contribution in [0.3, 0.4) is 0 Å². The third-order valence-electron chi connectivity index (χ3n) is 3.92. The van der Waals surface area contributed by atoms with Gasteiger partial charge >= 0.3 is 0 Å². The van der Waals surface area contributed by atoms with E-state index in [1.807, 2.05) is 6.07 Å². The molecule has 1 fully saturated rings. The lowest BCUT2D eigenvalue weighted by molar-refractivity contribution is 0.176. The maximum atomic E-state index is 5.65. The summed E-state index contributed by atoms with van der Waals surface area (Å²) in [4.78, 5) is 8.91. The number of nitrogens with zero attached hydrogens (tertiary/aromatic N) is 2. The van der Waals surface area contributed by atoms with Gasteiger partial charge in [0.25, 0.3) is 0 Å². The molecular weight excluding hydrogens is 266 g/mol. The molecule has 1 aromatic heterocycles. The summed E-state index contributed by atoms with van der Waals surface area (Å²) in [7, 11) is 1.65. The third-order valence-corrected chi connectivity index (χ3v) is 3.92. The van der Waals surface area contributed by atoms with Crippen LogP contribution < -0.4 is 10.1 Å². The van der Waals surface area contributed by atoms with Crippen molar-refractivity contribution in [2.45, 2.75) is 58.6 Å². The first-order chi connectivity index (χ1) is 10.2. The van der Waals surface area contributed by atoms with E-state index in [0.29, 0.717) is 36.9 Å². The van der Waals surface area contributed by atoms with Gasteiger partial charge < -0.3 is 14.8 Å². The van der Waals surface area contributed by atoms with Gasteiger partial charge in [0.2, 0.25) is 5.88 Å². The summed E-state index contributed by atoms with van der Waals surface area (Å²) in [6.45, 7) is 5.46. The van der Waals surface area contributed by atoms with E-state index in [1.54, 1.807) is 7.11 Å². The average molecular weight is 293 g/mol. The van der Waals surface area contributed by atoms with Gasteiger partial charge in [-0.3, -0.25) is 0 Å². The Hall–Kier alpha value is -1.36. The Balaban J connectivity index is 2.10. The van der Waals surface area contributed by atoms with Gasteiger partial charge in [-0.2, -0.15) is 4.98 Å². The Morgan fingerprint density at radius 1 is 1.29 bits per heavy atom. The molecule has 0 amide bonds. The first-order valence-electron chi connectivity index (χ1n) is 7.99. The van der Waals surface area contributed by atoms with E-state index < -0.39 is 0 Å². The Morgan fingerprint density at radius 3 is 2.81 bits per heavy atom. The van der Waals surface area contributed by atoms with E-state index in [2.05, 4.69) is 29.1 Å². The van der Waals surface area contributed by atoms with Gasteiger partial charge in [0.15, 0.2) is 5.82 Å². The molecule has 1 aromatic rings. The van der Waals surface area contributed by atoms with Crippen molar-refractivity contribution < 1.29 is 9.47 Å². The molecule has 118 valence electrons. The number of nitrogens with one attached hydrogen (secondary N) is 1. The zero-order valence-corrected chi connectivity index (χ0v) is 13.4. The maximum absolute atomic E-state index is 5.65. The minimum absolute atomic E-state index is 0.401. The van der Waals surface area contributed by atoms with Gasteiger partial charge in [0.05, 0.1) is 6.61 Å². The molecule has 0 spiro atoms. The SMILES string of the molecule is CCCOc1cc(NC2CCCCC2C)nc(COC)n1. The fraction of sp³-hybridized carbons (Fsp3) is 0.750. The van der Waals surface area contributed by atoms with Crippen molar-refractivity contribution in [3.05, 3.63) is 11.9 Å². The van der Waals surface area contributed by atoms with E-state index in [-0.39, 0.29) is 0 Å². The topological polar surface area (TPSA) is 56.3 Å². The zero-order chi connectivity index (χ0) is 15.1. The Kier molecular flexibility index (Phi) is 6.23. The average Bonchev–Trinajstić information content (AvgIpc) is 2.48. The second-order valence-corrected chi connectivity index (χ2v) is 5.80. The van der Waals surface area contributed by atoms with Crippen molar-refractivity contribution in [2.24, 2.45) is 5.92 Å². The summed E-state index contributed by atoms with van der Waals surface area (Å²) < 4.78 is 10.8. The minimum atomic E-state index is 0.401. The molecule has 5 heteroatoms. The van der Waals surface area contributed by atoms with Gasteiger partial charge in [0, 0.05) is 19.2 Å². The summed E-state index contributed by atoms with van der Waals surface area (Å²) in [5, 5.41) is 3.56. The quantitative estimate of drug-likeness (QED) is 0.835. The molecule has 0 saturated heterocycles. The predicted molar refractivity (Wildman–Crippen MR) is 83.6 cm³/mol. The van der Waals surface area contributed by atoms with Gasteiger partial charge in [0.1, 0.15) is 12.4 Å². The van der Waals surface area contributed by atoms with Crippen LogP contribution in [0.5, 0.6) is 5.88 Å².